The number of nitrogens with one attached hydrogen (secondary N) is 1. The first-order chi connectivity index (χ1) is 10.6. The first kappa shape index (κ1) is 15.0. The van der Waals surface area contributed by atoms with Gasteiger partial charge in [-0.1, -0.05) is 12.1 Å². The Morgan fingerprint density at radius 1 is 1.45 bits per heavy atom. The summed E-state index contributed by atoms with van der Waals surface area (Å²) in [4.78, 5) is 21.9. The molecular formula is C12H10N5O5-. The molecule has 10 nitrogen and oxygen atoms in total. The predicted octanol–water partition coefficient (Wildman–Crippen LogP) is -1.46. The van der Waals surface area contributed by atoms with E-state index in [0.29, 0.717) is 11.3 Å². The summed E-state index contributed by atoms with van der Waals surface area (Å²) < 4.78 is 9.24. The van der Waals surface area contributed by atoms with E-state index in [0.717, 1.165) is 0 Å². The standard InChI is InChI=1S/C12H11N5O5/c13-11-10(16-22-17-11)12(20)15-14-5-7-2-1-3-8(4-7)21-6-9(18)19/h1-5H,6H2,(H2,13,17)(H,15,20)(H,18,19)/p-1/b14-5-. The van der Waals surface area contributed by atoms with Crippen LogP contribution in [0.2, 0.25) is 0 Å². The number of nitrogen functional groups attached to an aromatic ring is 1. The Labute approximate surface area is 123 Å². The van der Waals surface area contributed by atoms with E-state index in [2.05, 4.69) is 25.5 Å². The van der Waals surface area contributed by atoms with Crippen molar-refractivity contribution in [1.82, 2.24) is 15.7 Å². The van der Waals surface area contributed by atoms with E-state index in [1.807, 2.05) is 0 Å². The zero-order chi connectivity index (χ0) is 15.9. The Balaban J connectivity index is 1.95. The number of anilines is 1. The molecule has 0 saturated heterocycles. The lowest BCUT2D eigenvalue weighted by Gasteiger charge is -2.06. The fourth-order valence-electron chi connectivity index (χ4n) is 1.40. The number of ether oxygens (including phenoxy) is 1. The average molecular weight is 304 g/mol. The van der Waals surface area contributed by atoms with Gasteiger partial charge in [0.2, 0.25) is 11.5 Å². The van der Waals surface area contributed by atoms with Crippen LogP contribution < -0.4 is 21.0 Å². The van der Waals surface area contributed by atoms with Crippen molar-refractivity contribution in [3.05, 3.63) is 35.5 Å². The molecule has 3 N–H and O–H groups in total. The van der Waals surface area contributed by atoms with E-state index >= 15 is 0 Å². The number of aromatic nitrogens is 2. The SMILES string of the molecule is Nc1nonc1C(=O)N/N=C\c1cccc(OCC(=O)[O-])c1. The number of carbonyl (C=O) groups excluding carboxylic acids is 2. The lowest BCUT2D eigenvalue weighted by atomic mass is 10.2. The number of nitrogens with zero attached hydrogens (tertiary/aromatic N) is 3. The molecule has 0 aliphatic carbocycles. The second kappa shape index (κ2) is 6.83. The van der Waals surface area contributed by atoms with E-state index in [9.17, 15) is 14.7 Å². The highest BCUT2D eigenvalue weighted by Crippen LogP contribution is 2.11. The number of carboxylic acids is 1. The van der Waals surface area contributed by atoms with Crippen LogP contribution in [0.4, 0.5) is 5.82 Å². The first-order valence-electron chi connectivity index (χ1n) is 5.90. The van der Waals surface area contributed by atoms with E-state index in [-0.39, 0.29) is 11.5 Å². The summed E-state index contributed by atoms with van der Waals surface area (Å²) in [6, 6.07) is 6.41. The number of aliphatic carboxylic acids is 1. The van der Waals surface area contributed by atoms with Crippen LogP contribution in [0.15, 0.2) is 34.0 Å². The molecule has 0 fully saturated rings. The number of amides is 1. The molecule has 0 spiro atoms. The van der Waals surface area contributed by atoms with Gasteiger partial charge in [-0.05, 0) is 28.0 Å². The minimum Gasteiger partial charge on any atom is -0.546 e. The van der Waals surface area contributed by atoms with Crippen molar-refractivity contribution in [2.24, 2.45) is 5.10 Å². The predicted molar refractivity (Wildman–Crippen MR) is 70.7 cm³/mol. The molecule has 114 valence electrons. The van der Waals surface area contributed by atoms with Crippen LogP contribution >= 0.6 is 0 Å². The Hall–Kier alpha value is -3.43. The molecule has 2 aromatic rings. The van der Waals surface area contributed by atoms with Gasteiger partial charge < -0.3 is 20.4 Å². The molecule has 0 aliphatic rings. The number of carboxylic acid groups (broad SMARTS) is 1. The Bertz CT molecular complexity index is 711. The molecule has 22 heavy (non-hydrogen) atoms. The minimum absolute atomic E-state index is 0.148. The fraction of sp³-hybridized carbons (Fsp3) is 0.0833. The smallest absolute Gasteiger partial charge is 0.297 e. The zero-order valence-electron chi connectivity index (χ0n) is 11.1. The van der Waals surface area contributed by atoms with Crippen LogP contribution in [-0.2, 0) is 4.79 Å². The Morgan fingerprint density at radius 2 is 2.27 bits per heavy atom. The minimum atomic E-state index is -1.33. The zero-order valence-corrected chi connectivity index (χ0v) is 11.1. The summed E-state index contributed by atoms with van der Waals surface area (Å²) in [5, 5.41) is 20.6. The molecule has 1 aromatic carbocycles. The normalized spacial score (nSPS) is 10.5. The third kappa shape index (κ3) is 4.03. The molecule has 0 saturated carbocycles. The van der Waals surface area contributed by atoms with Gasteiger partial charge in [0.25, 0.3) is 5.91 Å². The highest BCUT2D eigenvalue weighted by molar-refractivity contribution is 5.96. The molecule has 0 bridgehead atoms. The van der Waals surface area contributed by atoms with Gasteiger partial charge in [0, 0.05) is 0 Å². The quantitative estimate of drug-likeness (QED) is 0.484. The van der Waals surface area contributed by atoms with Crippen molar-refractivity contribution >= 4 is 23.9 Å². The lowest BCUT2D eigenvalue weighted by Crippen LogP contribution is -2.28. The van der Waals surface area contributed by atoms with Crippen molar-refractivity contribution < 1.29 is 24.1 Å². The van der Waals surface area contributed by atoms with Gasteiger partial charge in [0.05, 0.1) is 12.2 Å². The maximum atomic E-state index is 11.6. The fourth-order valence-corrected chi connectivity index (χ4v) is 1.40. The van der Waals surface area contributed by atoms with Crippen molar-refractivity contribution in [3.63, 3.8) is 0 Å². The number of hydrogen-bond donors (Lipinski definition) is 2. The topological polar surface area (TPSA) is 156 Å². The van der Waals surface area contributed by atoms with Gasteiger partial charge in [-0.2, -0.15) is 5.10 Å². The largest absolute Gasteiger partial charge is 0.546 e. The third-order valence-electron chi connectivity index (χ3n) is 2.32. The summed E-state index contributed by atoms with van der Waals surface area (Å²) in [5.74, 6) is -1.83. The van der Waals surface area contributed by atoms with E-state index < -0.39 is 18.5 Å². The van der Waals surface area contributed by atoms with Crippen LogP contribution in [0.1, 0.15) is 16.1 Å². The number of hydrazone groups is 1. The molecule has 0 unspecified atom stereocenters. The highest BCUT2D eigenvalue weighted by atomic mass is 16.6. The van der Waals surface area contributed by atoms with Gasteiger partial charge in [-0.15, -0.1) is 0 Å². The van der Waals surface area contributed by atoms with Crippen molar-refractivity contribution in [2.45, 2.75) is 0 Å². The van der Waals surface area contributed by atoms with Gasteiger partial charge in [-0.3, -0.25) is 4.79 Å². The number of hydrogen-bond acceptors (Lipinski definition) is 9. The molecule has 0 radical (unpaired) electrons. The third-order valence-corrected chi connectivity index (χ3v) is 2.32. The van der Waals surface area contributed by atoms with Gasteiger partial charge in [-0.25, -0.2) is 10.1 Å². The van der Waals surface area contributed by atoms with Crippen molar-refractivity contribution in [1.29, 1.82) is 0 Å². The molecule has 10 heteroatoms. The molecule has 1 heterocycles. The van der Waals surface area contributed by atoms with Crippen molar-refractivity contribution in [3.8, 4) is 5.75 Å². The second-order valence-electron chi connectivity index (χ2n) is 3.93. The number of rotatable bonds is 6. The monoisotopic (exact) mass is 304 g/mol. The number of benzene rings is 1. The van der Waals surface area contributed by atoms with Crippen LogP contribution in [0.3, 0.4) is 0 Å². The molecule has 1 aromatic heterocycles. The molecular weight excluding hydrogens is 294 g/mol. The molecule has 0 aliphatic heterocycles. The van der Waals surface area contributed by atoms with Crippen LogP contribution in [0.5, 0.6) is 5.75 Å². The van der Waals surface area contributed by atoms with Gasteiger partial charge >= 0.3 is 0 Å². The highest BCUT2D eigenvalue weighted by Gasteiger charge is 2.14. The number of nitrogens with two attached hydrogens (primary N) is 1. The van der Waals surface area contributed by atoms with Crippen LogP contribution in [-0.4, -0.2) is 35.0 Å². The van der Waals surface area contributed by atoms with Crippen LogP contribution in [0.25, 0.3) is 0 Å². The average Bonchev–Trinajstić information content (AvgIpc) is 2.92. The maximum Gasteiger partial charge on any atom is 0.297 e. The maximum absolute atomic E-state index is 11.6. The van der Waals surface area contributed by atoms with E-state index in [1.54, 1.807) is 18.2 Å². The Morgan fingerprint density at radius 3 is 2.95 bits per heavy atom. The molecule has 1 amide bonds. The summed E-state index contributed by atoms with van der Waals surface area (Å²) >= 11 is 0. The van der Waals surface area contributed by atoms with E-state index in [4.69, 9.17) is 10.5 Å². The second-order valence-corrected chi connectivity index (χ2v) is 3.93. The Kier molecular flexibility index (Phi) is 4.65. The summed E-state index contributed by atoms with van der Waals surface area (Å²) in [6.07, 6.45) is 1.33. The molecule has 0 atom stereocenters. The van der Waals surface area contributed by atoms with E-state index in [1.165, 1.54) is 12.3 Å². The van der Waals surface area contributed by atoms with Gasteiger partial charge in [0.1, 0.15) is 12.4 Å². The lowest BCUT2D eigenvalue weighted by molar-refractivity contribution is -0.307. The van der Waals surface area contributed by atoms with Crippen molar-refractivity contribution in [2.75, 3.05) is 12.3 Å². The first-order valence-corrected chi connectivity index (χ1v) is 5.90. The number of carbonyl (C=O) groups is 2. The van der Waals surface area contributed by atoms with Gasteiger partial charge in [0.15, 0.2) is 0 Å². The van der Waals surface area contributed by atoms with Crippen LogP contribution in [0, 0.1) is 0 Å². The summed E-state index contributed by atoms with van der Waals surface area (Å²) in [5.41, 5.74) is 7.93. The summed E-state index contributed by atoms with van der Waals surface area (Å²) in [7, 11) is 0. The summed E-state index contributed by atoms with van der Waals surface area (Å²) in [6.45, 7) is -0.560. The molecule has 2 rings (SSSR count).